The molecule has 0 bridgehead atoms. The van der Waals surface area contributed by atoms with Gasteiger partial charge in [0.2, 0.25) is 0 Å². The number of hydrogen-bond acceptors (Lipinski definition) is 1. The zero-order chi connectivity index (χ0) is 13.1. The van der Waals surface area contributed by atoms with Gasteiger partial charge in [0, 0.05) is 16.1 Å². The fourth-order valence-corrected chi connectivity index (χ4v) is 3.39. The van der Waals surface area contributed by atoms with Gasteiger partial charge in [0.1, 0.15) is 0 Å². The van der Waals surface area contributed by atoms with Crippen LogP contribution in [0.5, 0.6) is 0 Å². The zero-order valence-corrected chi connectivity index (χ0v) is 12.6. The predicted molar refractivity (Wildman–Crippen MR) is 79.4 cm³/mol. The lowest BCUT2D eigenvalue weighted by atomic mass is 10.0. The number of halogens is 2. The SMILES string of the molecule is CC1CCC(CNC(C)c2ccc(Cl)cc2Cl)C1. The molecule has 1 nitrogen and oxygen atoms in total. The fraction of sp³-hybridized carbons (Fsp3) is 0.600. The van der Waals surface area contributed by atoms with Crippen LogP contribution in [0.4, 0.5) is 0 Å². The largest absolute Gasteiger partial charge is 0.310 e. The van der Waals surface area contributed by atoms with E-state index in [2.05, 4.69) is 19.2 Å². The van der Waals surface area contributed by atoms with Crippen LogP contribution in [0.1, 0.15) is 44.7 Å². The third kappa shape index (κ3) is 3.63. The first-order valence-corrected chi connectivity index (χ1v) is 7.50. The van der Waals surface area contributed by atoms with Gasteiger partial charge >= 0.3 is 0 Å². The average molecular weight is 286 g/mol. The summed E-state index contributed by atoms with van der Waals surface area (Å²) in [4.78, 5) is 0. The van der Waals surface area contributed by atoms with Gasteiger partial charge in [-0.05, 0) is 55.8 Å². The highest BCUT2D eigenvalue weighted by atomic mass is 35.5. The van der Waals surface area contributed by atoms with Crippen molar-refractivity contribution >= 4 is 23.2 Å². The third-order valence-electron chi connectivity index (χ3n) is 3.95. The smallest absolute Gasteiger partial charge is 0.0468 e. The van der Waals surface area contributed by atoms with E-state index in [-0.39, 0.29) is 6.04 Å². The molecule has 3 unspecified atom stereocenters. The molecule has 0 radical (unpaired) electrons. The average Bonchev–Trinajstić information content (AvgIpc) is 2.72. The molecule has 0 saturated heterocycles. The van der Waals surface area contributed by atoms with E-state index in [4.69, 9.17) is 23.2 Å². The molecule has 1 aliphatic rings. The molecule has 1 aliphatic carbocycles. The van der Waals surface area contributed by atoms with Crippen LogP contribution in [0.3, 0.4) is 0 Å². The van der Waals surface area contributed by atoms with Crippen molar-refractivity contribution in [2.45, 2.75) is 39.2 Å². The minimum absolute atomic E-state index is 0.283. The summed E-state index contributed by atoms with van der Waals surface area (Å²) in [5, 5.41) is 5.04. The second-order valence-corrected chi connectivity index (χ2v) is 6.42. The molecular weight excluding hydrogens is 265 g/mol. The van der Waals surface area contributed by atoms with Crippen molar-refractivity contribution in [3.05, 3.63) is 33.8 Å². The van der Waals surface area contributed by atoms with Crippen LogP contribution >= 0.6 is 23.2 Å². The highest BCUT2D eigenvalue weighted by Gasteiger charge is 2.21. The molecule has 1 aromatic carbocycles. The van der Waals surface area contributed by atoms with Gasteiger partial charge in [0.05, 0.1) is 0 Å². The van der Waals surface area contributed by atoms with Gasteiger partial charge in [-0.2, -0.15) is 0 Å². The Morgan fingerprint density at radius 1 is 1.33 bits per heavy atom. The molecule has 1 fully saturated rings. The summed E-state index contributed by atoms with van der Waals surface area (Å²) in [6, 6.07) is 6.01. The Bertz CT molecular complexity index is 405. The number of nitrogens with one attached hydrogen (secondary N) is 1. The van der Waals surface area contributed by atoms with Crippen molar-refractivity contribution in [3.63, 3.8) is 0 Å². The van der Waals surface area contributed by atoms with Crippen LogP contribution in [0.2, 0.25) is 10.0 Å². The minimum atomic E-state index is 0.283. The van der Waals surface area contributed by atoms with E-state index < -0.39 is 0 Å². The second kappa shape index (κ2) is 6.27. The molecule has 1 N–H and O–H groups in total. The van der Waals surface area contributed by atoms with Crippen molar-refractivity contribution in [3.8, 4) is 0 Å². The van der Waals surface area contributed by atoms with E-state index in [9.17, 15) is 0 Å². The van der Waals surface area contributed by atoms with Crippen molar-refractivity contribution in [1.82, 2.24) is 5.32 Å². The topological polar surface area (TPSA) is 12.0 Å². The first-order chi connectivity index (χ1) is 8.56. The van der Waals surface area contributed by atoms with E-state index in [1.807, 2.05) is 18.2 Å². The predicted octanol–water partition coefficient (Wildman–Crippen LogP) is 5.08. The molecule has 0 aliphatic heterocycles. The number of rotatable bonds is 4. The Hall–Kier alpha value is -0.240. The lowest BCUT2D eigenvalue weighted by Gasteiger charge is -2.18. The molecule has 2 rings (SSSR count). The van der Waals surface area contributed by atoms with Gasteiger partial charge in [-0.3, -0.25) is 0 Å². The van der Waals surface area contributed by atoms with E-state index >= 15 is 0 Å². The van der Waals surface area contributed by atoms with Crippen LogP contribution in [0.25, 0.3) is 0 Å². The molecular formula is C15H21Cl2N. The Balaban J connectivity index is 1.89. The normalized spacial score (nSPS) is 25.3. The summed E-state index contributed by atoms with van der Waals surface area (Å²) in [7, 11) is 0. The molecule has 1 saturated carbocycles. The van der Waals surface area contributed by atoms with Crippen molar-refractivity contribution in [1.29, 1.82) is 0 Å². The van der Waals surface area contributed by atoms with E-state index in [1.165, 1.54) is 19.3 Å². The van der Waals surface area contributed by atoms with Crippen LogP contribution in [-0.2, 0) is 0 Å². The molecule has 100 valence electrons. The highest BCUT2D eigenvalue weighted by molar-refractivity contribution is 6.35. The van der Waals surface area contributed by atoms with Gasteiger partial charge in [-0.25, -0.2) is 0 Å². The summed E-state index contributed by atoms with van der Waals surface area (Å²) >= 11 is 12.1. The van der Waals surface area contributed by atoms with Gasteiger partial charge in [0.25, 0.3) is 0 Å². The molecule has 18 heavy (non-hydrogen) atoms. The Morgan fingerprint density at radius 3 is 2.72 bits per heavy atom. The van der Waals surface area contributed by atoms with E-state index in [1.54, 1.807) is 0 Å². The maximum Gasteiger partial charge on any atom is 0.0468 e. The monoisotopic (exact) mass is 285 g/mol. The van der Waals surface area contributed by atoms with Crippen molar-refractivity contribution in [2.24, 2.45) is 11.8 Å². The Labute approximate surface area is 120 Å². The lowest BCUT2D eigenvalue weighted by molar-refractivity contribution is 0.440. The maximum absolute atomic E-state index is 6.22. The maximum atomic E-state index is 6.22. The fourth-order valence-electron chi connectivity index (χ4n) is 2.82. The first-order valence-electron chi connectivity index (χ1n) is 6.74. The summed E-state index contributed by atoms with van der Waals surface area (Å²) < 4.78 is 0. The summed E-state index contributed by atoms with van der Waals surface area (Å²) in [6.07, 6.45) is 4.09. The van der Waals surface area contributed by atoms with Crippen LogP contribution < -0.4 is 5.32 Å². The quantitative estimate of drug-likeness (QED) is 0.813. The first kappa shape index (κ1) is 14.2. The van der Waals surface area contributed by atoms with Gasteiger partial charge < -0.3 is 5.32 Å². The molecule has 0 heterocycles. The van der Waals surface area contributed by atoms with Crippen LogP contribution in [0, 0.1) is 11.8 Å². The van der Waals surface area contributed by atoms with Crippen molar-refractivity contribution in [2.75, 3.05) is 6.54 Å². The summed E-state index contributed by atoms with van der Waals surface area (Å²) in [5.74, 6) is 1.72. The minimum Gasteiger partial charge on any atom is -0.310 e. The molecule has 0 amide bonds. The van der Waals surface area contributed by atoms with Gasteiger partial charge in [0.15, 0.2) is 0 Å². The Kier molecular flexibility index (Phi) is 4.94. The lowest BCUT2D eigenvalue weighted by Crippen LogP contribution is -2.24. The third-order valence-corrected chi connectivity index (χ3v) is 4.51. The van der Waals surface area contributed by atoms with E-state index in [0.717, 1.165) is 29.0 Å². The van der Waals surface area contributed by atoms with Gasteiger partial charge in [-0.1, -0.05) is 42.6 Å². The molecule has 3 atom stereocenters. The van der Waals surface area contributed by atoms with Crippen LogP contribution in [-0.4, -0.2) is 6.54 Å². The summed E-state index contributed by atoms with van der Waals surface area (Å²) in [6.45, 7) is 5.59. The molecule has 1 aromatic rings. The molecule has 0 aromatic heterocycles. The van der Waals surface area contributed by atoms with Crippen molar-refractivity contribution < 1.29 is 0 Å². The molecule has 0 spiro atoms. The molecule has 3 heteroatoms. The van der Waals surface area contributed by atoms with Crippen LogP contribution in [0.15, 0.2) is 18.2 Å². The van der Waals surface area contributed by atoms with E-state index in [0.29, 0.717) is 5.02 Å². The summed E-state index contributed by atoms with van der Waals surface area (Å²) in [5.41, 5.74) is 1.13. The number of hydrogen-bond donors (Lipinski definition) is 1. The zero-order valence-electron chi connectivity index (χ0n) is 11.0. The second-order valence-electron chi connectivity index (χ2n) is 5.58. The Morgan fingerprint density at radius 2 is 2.11 bits per heavy atom. The van der Waals surface area contributed by atoms with Gasteiger partial charge in [-0.15, -0.1) is 0 Å². The standard InChI is InChI=1S/C15H21Cl2N/c1-10-3-4-12(7-10)9-18-11(2)14-6-5-13(16)8-15(14)17/h5-6,8,10-12,18H,3-4,7,9H2,1-2H3. The number of benzene rings is 1. The highest BCUT2D eigenvalue weighted by Crippen LogP contribution is 2.31.